The van der Waals surface area contributed by atoms with Crippen LogP contribution in [0.5, 0.6) is 0 Å². The molecule has 47 heavy (non-hydrogen) atoms. The maximum absolute atomic E-state index is 12.3. The molecule has 14 atom stereocenters. The zero-order valence-corrected chi connectivity index (χ0v) is 27.0. The lowest BCUT2D eigenvalue weighted by molar-refractivity contribution is -0.306. The molecule has 3 saturated heterocycles. The van der Waals surface area contributed by atoms with Gasteiger partial charge in [0.25, 0.3) is 0 Å². The van der Waals surface area contributed by atoms with Gasteiger partial charge in [-0.05, 0) is 25.8 Å². The van der Waals surface area contributed by atoms with E-state index < -0.39 is 85.1 Å². The molecule has 13 heteroatoms. The Kier molecular flexibility index (Phi) is 13.1. The van der Waals surface area contributed by atoms with Crippen molar-refractivity contribution in [2.45, 2.75) is 126 Å². The first-order chi connectivity index (χ1) is 22.3. The predicted octanol–water partition coefficient (Wildman–Crippen LogP) is 1.39. The van der Waals surface area contributed by atoms with Gasteiger partial charge in [-0.15, -0.1) is 0 Å². The Labute approximate surface area is 275 Å². The Morgan fingerprint density at radius 3 is 2.38 bits per heavy atom. The predicted molar refractivity (Wildman–Crippen MR) is 168 cm³/mol. The molecule has 0 amide bonds. The smallest absolute Gasteiger partial charge is 0.330 e. The molecule has 7 N–H and O–H groups in total. The molecule has 4 aliphatic heterocycles. The van der Waals surface area contributed by atoms with E-state index in [1.807, 2.05) is 26.0 Å². The van der Waals surface area contributed by atoms with Crippen molar-refractivity contribution in [1.82, 2.24) is 0 Å². The molecule has 0 aliphatic carbocycles. The van der Waals surface area contributed by atoms with Crippen LogP contribution < -0.4 is 5.73 Å². The molecule has 262 valence electrons. The monoisotopic (exact) mass is 663 g/mol. The molecule has 13 nitrogen and oxygen atoms in total. The first-order valence-corrected chi connectivity index (χ1v) is 16.2. The lowest BCUT2D eigenvalue weighted by atomic mass is 9.83. The number of epoxide rings is 1. The van der Waals surface area contributed by atoms with Crippen molar-refractivity contribution in [1.29, 1.82) is 0 Å². The van der Waals surface area contributed by atoms with Crippen LogP contribution in [0.1, 0.15) is 52.9 Å². The summed E-state index contributed by atoms with van der Waals surface area (Å²) in [5.41, 5.74) is 6.23. The second-order valence-corrected chi connectivity index (χ2v) is 12.9. The molecule has 3 fully saturated rings. The highest BCUT2D eigenvalue weighted by Crippen LogP contribution is 2.39. The van der Waals surface area contributed by atoms with Crippen molar-refractivity contribution >= 4 is 11.9 Å². The molecular formula is C34H49NO12. The van der Waals surface area contributed by atoms with E-state index in [-0.39, 0.29) is 37.4 Å². The number of ether oxygens (including phenoxy) is 5. The fourth-order valence-electron chi connectivity index (χ4n) is 6.16. The van der Waals surface area contributed by atoms with Crippen molar-refractivity contribution in [3.05, 3.63) is 60.8 Å². The summed E-state index contributed by atoms with van der Waals surface area (Å²) in [4.78, 5) is 24.5. The summed E-state index contributed by atoms with van der Waals surface area (Å²) < 4.78 is 28.9. The van der Waals surface area contributed by atoms with E-state index in [1.54, 1.807) is 49.5 Å². The minimum atomic E-state index is -2.07. The van der Waals surface area contributed by atoms with Crippen LogP contribution in [-0.4, -0.2) is 111 Å². The van der Waals surface area contributed by atoms with E-state index in [9.17, 15) is 35.1 Å². The van der Waals surface area contributed by atoms with Gasteiger partial charge in [0.15, 0.2) is 12.1 Å². The SMILES string of the molecule is C[C@H]1[C@H](N)[C@H](O)C(O[C@H]2/C=C/C=C/C=C/C=C/C[C@@H](C)OC(=O)/C=C/[C@H]3O[C@@H]3C[C@H](O)C[C@]3(O)C[C@H](O)[C@@H](C(=O)O)[C@H](C2)O3)O[C@@H]1C. The van der Waals surface area contributed by atoms with Crippen LogP contribution >= 0.6 is 0 Å². The van der Waals surface area contributed by atoms with Gasteiger partial charge in [-0.2, -0.15) is 0 Å². The number of nitrogens with two attached hydrogens (primary N) is 1. The van der Waals surface area contributed by atoms with Crippen molar-refractivity contribution < 1.29 is 58.8 Å². The number of carboxylic acids is 1. The third-order valence-corrected chi connectivity index (χ3v) is 9.05. The van der Waals surface area contributed by atoms with E-state index in [2.05, 4.69) is 0 Å². The second-order valence-electron chi connectivity index (χ2n) is 12.9. The van der Waals surface area contributed by atoms with E-state index in [4.69, 9.17) is 29.4 Å². The molecule has 0 saturated carbocycles. The number of hydrogen-bond acceptors (Lipinski definition) is 12. The summed E-state index contributed by atoms with van der Waals surface area (Å²) in [6.07, 6.45) is 7.95. The molecule has 4 rings (SSSR count). The van der Waals surface area contributed by atoms with Gasteiger partial charge in [0.1, 0.15) is 24.2 Å². The van der Waals surface area contributed by atoms with Crippen molar-refractivity contribution in [3.8, 4) is 0 Å². The Hall–Kier alpha value is -2.72. The average molecular weight is 664 g/mol. The number of allylic oxidation sites excluding steroid dienone is 6. The molecule has 0 spiro atoms. The number of rotatable bonds is 3. The third-order valence-electron chi connectivity index (χ3n) is 9.05. The number of carbonyl (C=O) groups excluding carboxylic acids is 1. The number of hydrogen-bond donors (Lipinski definition) is 6. The van der Waals surface area contributed by atoms with Crippen molar-refractivity contribution in [2.24, 2.45) is 17.6 Å². The number of fused-ring (bicyclic) bond motifs is 3. The van der Waals surface area contributed by atoms with E-state index in [1.165, 1.54) is 6.08 Å². The molecule has 1 unspecified atom stereocenters. The van der Waals surface area contributed by atoms with Gasteiger partial charge in [0.05, 0.1) is 36.6 Å². The van der Waals surface area contributed by atoms with Crippen LogP contribution in [-0.2, 0) is 33.3 Å². The lowest BCUT2D eigenvalue weighted by Gasteiger charge is -2.45. The topological polar surface area (TPSA) is 211 Å². The molecule has 0 radical (unpaired) electrons. The van der Waals surface area contributed by atoms with Crippen LogP contribution in [0.4, 0.5) is 0 Å². The van der Waals surface area contributed by atoms with Gasteiger partial charge in [0.2, 0.25) is 0 Å². The Morgan fingerprint density at radius 2 is 1.66 bits per heavy atom. The molecule has 4 heterocycles. The number of aliphatic hydroxyl groups excluding tert-OH is 3. The van der Waals surface area contributed by atoms with Crippen LogP contribution in [0.3, 0.4) is 0 Å². The second kappa shape index (κ2) is 16.6. The van der Waals surface area contributed by atoms with E-state index in [0.717, 1.165) is 0 Å². The maximum Gasteiger partial charge on any atom is 0.330 e. The number of carboxylic acid groups (broad SMARTS) is 1. The largest absolute Gasteiger partial charge is 0.481 e. The average Bonchev–Trinajstić information content (AvgIpc) is 3.72. The number of esters is 1. The van der Waals surface area contributed by atoms with Crippen LogP contribution in [0.25, 0.3) is 0 Å². The zero-order chi connectivity index (χ0) is 34.3. The van der Waals surface area contributed by atoms with Gasteiger partial charge < -0.3 is 55.0 Å². The van der Waals surface area contributed by atoms with Crippen LogP contribution in [0, 0.1) is 11.8 Å². The number of carbonyl (C=O) groups is 2. The molecule has 4 aliphatic rings. The highest BCUT2D eigenvalue weighted by atomic mass is 16.7. The van der Waals surface area contributed by atoms with Crippen LogP contribution in [0.2, 0.25) is 0 Å². The first-order valence-electron chi connectivity index (χ1n) is 16.2. The number of aliphatic carboxylic acids is 1. The van der Waals surface area contributed by atoms with E-state index >= 15 is 0 Å². The summed E-state index contributed by atoms with van der Waals surface area (Å²) in [6.45, 7) is 5.46. The zero-order valence-electron chi connectivity index (χ0n) is 27.0. The van der Waals surface area contributed by atoms with Gasteiger partial charge >= 0.3 is 11.9 Å². The third kappa shape index (κ3) is 10.6. The van der Waals surface area contributed by atoms with Gasteiger partial charge in [-0.3, -0.25) is 4.79 Å². The summed E-state index contributed by atoms with van der Waals surface area (Å²) >= 11 is 0. The molecule has 0 aromatic rings. The number of aliphatic hydroxyl groups is 4. The minimum Gasteiger partial charge on any atom is -0.481 e. The standard InChI is InChI=1S/C34H49NO12/c1-19-11-9-7-5-4-6-8-10-12-23(45-33-31(39)30(35)20(2)21(3)44-33)16-27-29(32(40)41)24(37)18-34(42,47-27)17-22(36)15-26-25(46-26)13-14-28(38)43-19/h4-10,12-14,19-27,29-31,33,36-37,39,42H,11,15-18,35H2,1-3H3,(H,40,41)/b5-4+,8-6+,9-7+,12-10+,14-13+/t19-,20-,21-,22+,23+,24+,25-,26-,27+,29-,30+,31+,33?,34-/m1/s1. The van der Waals surface area contributed by atoms with Gasteiger partial charge in [0, 0.05) is 44.2 Å². The Balaban J connectivity index is 1.58. The maximum atomic E-state index is 12.3. The highest BCUT2D eigenvalue weighted by Gasteiger charge is 2.51. The summed E-state index contributed by atoms with van der Waals surface area (Å²) in [5.74, 6) is -5.48. The summed E-state index contributed by atoms with van der Waals surface area (Å²) in [5, 5.41) is 54.0. The quantitative estimate of drug-likeness (QED) is 0.187. The van der Waals surface area contributed by atoms with Crippen molar-refractivity contribution in [3.63, 3.8) is 0 Å². The normalized spacial score (nSPS) is 47.2. The Morgan fingerprint density at radius 1 is 0.957 bits per heavy atom. The molecule has 0 aromatic heterocycles. The first kappa shape index (κ1) is 37.1. The fourth-order valence-corrected chi connectivity index (χ4v) is 6.16. The summed E-state index contributed by atoms with van der Waals surface area (Å²) in [6, 6.07) is -0.632. The van der Waals surface area contributed by atoms with Gasteiger partial charge in [-0.1, -0.05) is 55.5 Å². The number of cyclic esters (lactones) is 1. The molecular weight excluding hydrogens is 614 g/mol. The van der Waals surface area contributed by atoms with Crippen LogP contribution in [0.15, 0.2) is 60.8 Å². The van der Waals surface area contributed by atoms with E-state index in [0.29, 0.717) is 6.42 Å². The lowest BCUT2D eigenvalue weighted by Crippen LogP contribution is -2.58. The molecule has 0 aromatic carbocycles. The van der Waals surface area contributed by atoms with Gasteiger partial charge in [-0.25, -0.2) is 4.79 Å². The van der Waals surface area contributed by atoms with Crippen molar-refractivity contribution in [2.75, 3.05) is 0 Å². The molecule has 2 bridgehead atoms. The highest BCUT2D eigenvalue weighted by molar-refractivity contribution is 5.82. The fraction of sp³-hybridized carbons (Fsp3) is 0.647. The Bertz CT molecular complexity index is 1220. The summed E-state index contributed by atoms with van der Waals surface area (Å²) in [7, 11) is 0. The minimum absolute atomic E-state index is 0.0993.